The van der Waals surface area contributed by atoms with Crippen molar-refractivity contribution in [2.75, 3.05) is 18.4 Å². The summed E-state index contributed by atoms with van der Waals surface area (Å²) in [5.74, 6) is 0.980. The molecule has 3 atom stereocenters. The van der Waals surface area contributed by atoms with Crippen LogP contribution in [0.25, 0.3) is 0 Å². The van der Waals surface area contributed by atoms with Crippen LogP contribution in [0.5, 0.6) is 0 Å². The van der Waals surface area contributed by atoms with Gasteiger partial charge >= 0.3 is 0 Å². The number of nitrogens with one attached hydrogen (secondary N) is 1. The molecule has 2 fully saturated rings. The fourth-order valence-corrected chi connectivity index (χ4v) is 3.87. The number of fused-ring (bicyclic) bond motifs is 1. The molecule has 5 heteroatoms. The van der Waals surface area contributed by atoms with Crippen molar-refractivity contribution in [1.29, 1.82) is 0 Å². The molecule has 1 aromatic rings. The molecule has 1 N–H and O–H groups in total. The molecule has 0 unspecified atom stereocenters. The molecule has 0 bridgehead atoms. The molecule has 22 heavy (non-hydrogen) atoms. The highest BCUT2D eigenvalue weighted by atomic mass is 16.2. The molecule has 1 aliphatic carbocycles. The Morgan fingerprint density at radius 2 is 2.14 bits per heavy atom. The number of carbonyl (C=O) groups excluding carboxylic acids is 2. The summed E-state index contributed by atoms with van der Waals surface area (Å²) in [5, 5.41) is 3.03. The Balaban J connectivity index is 1.72. The number of likely N-dealkylation sites (tertiary alicyclic amines) is 1. The summed E-state index contributed by atoms with van der Waals surface area (Å²) in [6.07, 6.45) is 6.53. The van der Waals surface area contributed by atoms with E-state index in [1.165, 1.54) is 0 Å². The molecule has 2 aliphatic rings. The van der Waals surface area contributed by atoms with Crippen molar-refractivity contribution in [3.8, 4) is 0 Å². The molecule has 118 valence electrons. The van der Waals surface area contributed by atoms with E-state index in [2.05, 4.69) is 10.3 Å². The molecule has 3 rings (SSSR count). The predicted octanol–water partition coefficient (Wildman–Crippen LogP) is 2.22. The van der Waals surface area contributed by atoms with Gasteiger partial charge in [0, 0.05) is 32.1 Å². The van der Waals surface area contributed by atoms with Crippen LogP contribution in [0.3, 0.4) is 0 Å². The van der Waals surface area contributed by atoms with Crippen molar-refractivity contribution < 1.29 is 9.59 Å². The Morgan fingerprint density at radius 3 is 2.86 bits per heavy atom. The first-order chi connectivity index (χ1) is 10.6. The number of rotatable bonds is 2. The van der Waals surface area contributed by atoms with E-state index in [1.807, 2.05) is 17.9 Å². The van der Waals surface area contributed by atoms with Crippen molar-refractivity contribution in [2.24, 2.45) is 17.8 Å². The molecule has 0 aromatic carbocycles. The molecule has 1 aromatic heterocycles. The summed E-state index contributed by atoms with van der Waals surface area (Å²) in [6.45, 7) is 5.12. The van der Waals surface area contributed by atoms with Gasteiger partial charge < -0.3 is 10.2 Å². The maximum absolute atomic E-state index is 12.7. The van der Waals surface area contributed by atoms with Gasteiger partial charge in [-0.3, -0.25) is 14.6 Å². The third-order valence-corrected chi connectivity index (χ3v) is 5.18. The molecular formula is C17H23N3O2. The van der Waals surface area contributed by atoms with Crippen molar-refractivity contribution in [3.63, 3.8) is 0 Å². The fraction of sp³-hybridized carbons (Fsp3) is 0.588. The molecule has 5 nitrogen and oxygen atoms in total. The number of anilines is 1. The molecule has 1 saturated carbocycles. The Morgan fingerprint density at radius 1 is 1.32 bits per heavy atom. The largest absolute Gasteiger partial charge is 0.342 e. The van der Waals surface area contributed by atoms with Crippen LogP contribution in [0.1, 0.15) is 31.7 Å². The zero-order chi connectivity index (χ0) is 15.7. The molecular weight excluding hydrogens is 278 g/mol. The first-order valence-electron chi connectivity index (χ1n) is 8.03. The Hall–Kier alpha value is -1.91. The van der Waals surface area contributed by atoms with Crippen LogP contribution in [0.2, 0.25) is 0 Å². The standard InChI is InChI=1S/C17H23N3O2/c1-11-6-7-18-8-16(11)19-17(22)14-5-3-4-13-9-20(12(2)21)10-15(13)14/h6-8,13-15H,3-5,9-10H2,1-2H3,(H,19,22)/t13-,14-,15-/m1/s1. The van der Waals surface area contributed by atoms with Gasteiger partial charge in [-0.25, -0.2) is 0 Å². The summed E-state index contributed by atoms with van der Waals surface area (Å²) in [7, 11) is 0. The number of nitrogens with zero attached hydrogens (tertiary/aromatic N) is 2. The van der Waals surface area contributed by atoms with Gasteiger partial charge in [0.1, 0.15) is 0 Å². The summed E-state index contributed by atoms with van der Waals surface area (Å²) in [5.41, 5.74) is 1.81. The number of hydrogen-bond donors (Lipinski definition) is 1. The predicted molar refractivity (Wildman–Crippen MR) is 84.2 cm³/mol. The van der Waals surface area contributed by atoms with Crippen LogP contribution in [-0.2, 0) is 9.59 Å². The lowest BCUT2D eigenvalue weighted by Gasteiger charge is -2.31. The average Bonchev–Trinajstić information content (AvgIpc) is 2.93. The Bertz CT molecular complexity index is 587. The average molecular weight is 301 g/mol. The first-order valence-corrected chi connectivity index (χ1v) is 8.03. The third-order valence-electron chi connectivity index (χ3n) is 5.18. The number of aromatic nitrogens is 1. The van der Waals surface area contributed by atoms with Crippen LogP contribution in [0.15, 0.2) is 18.5 Å². The van der Waals surface area contributed by atoms with E-state index in [4.69, 9.17) is 0 Å². The van der Waals surface area contributed by atoms with Gasteiger partial charge in [0.05, 0.1) is 11.9 Å². The zero-order valence-corrected chi connectivity index (χ0v) is 13.2. The van der Waals surface area contributed by atoms with Crippen molar-refractivity contribution in [3.05, 3.63) is 24.0 Å². The summed E-state index contributed by atoms with van der Waals surface area (Å²) in [6, 6.07) is 1.90. The highest BCUT2D eigenvalue weighted by Gasteiger charge is 2.43. The van der Waals surface area contributed by atoms with Crippen LogP contribution in [-0.4, -0.2) is 34.8 Å². The van der Waals surface area contributed by atoms with Gasteiger partial charge in [0.15, 0.2) is 0 Å². The lowest BCUT2D eigenvalue weighted by molar-refractivity contribution is -0.128. The molecule has 1 aliphatic heterocycles. The van der Waals surface area contributed by atoms with E-state index in [1.54, 1.807) is 19.3 Å². The highest BCUT2D eigenvalue weighted by molar-refractivity contribution is 5.93. The van der Waals surface area contributed by atoms with E-state index < -0.39 is 0 Å². The normalized spacial score (nSPS) is 27.4. The maximum Gasteiger partial charge on any atom is 0.227 e. The van der Waals surface area contributed by atoms with E-state index in [9.17, 15) is 9.59 Å². The minimum Gasteiger partial charge on any atom is -0.342 e. The molecule has 2 heterocycles. The first kappa shape index (κ1) is 15.0. The summed E-state index contributed by atoms with van der Waals surface area (Å²) in [4.78, 5) is 30.3. The minimum atomic E-state index is 0.00251. The highest BCUT2D eigenvalue weighted by Crippen LogP contribution is 2.40. The van der Waals surface area contributed by atoms with E-state index in [0.717, 1.165) is 43.6 Å². The van der Waals surface area contributed by atoms with Crippen molar-refractivity contribution in [1.82, 2.24) is 9.88 Å². The van der Waals surface area contributed by atoms with Crippen LogP contribution in [0, 0.1) is 24.7 Å². The van der Waals surface area contributed by atoms with Crippen LogP contribution >= 0.6 is 0 Å². The second-order valence-electron chi connectivity index (χ2n) is 6.57. The third kappa shape index (κ3) is 2.85. The number of hydrogen-bond acceptors (Lipinski definition) is 3. The smallest absolute Gasteiger partial charge is 0.227 e. The van der Waals surface area contributed by atoms with Gasteiger partial charge in [-0.05, 0) is 43.2 Å². The van der Waals surface area contributed by atoms with Crippen LogP contribution in [0.4, 0.5) is 5.69 Å². The number of aryl methyl sites for hydroxylation is 1. The molecule has 2 amide bonds. The monoisotopic (exact) mass is 301 g/mol. The number of pyridine rings is 1. The van der Waals surface area contributed by atoms with Gasteiger partial charge in [0.2, 0.25) is 11.8 Å². The van der Waals surface area contributed by atoms with E-state index in [-0.39, 0.29) is 17.7 Å². The molecule has 0 radical (unpaired) electrons. The van der Waals surface area contributed by atoms with E-state index >= 15 is 0 Å². The Labute approximate surface area is 131 Å². The van der Waals surface area contributed by atoms with Crippen molar-refractivity contribution in [2.45, 2.75) is 33.1 Å². The lowest BCUT2D eigenvalue weighted by atomic mass is 9.73. The number of carbonyl (C=O) groups is 2. The van der Waals surface area contributed by atoms with Gasteiger partial charge in [-0.2, -0.15) is 0 Å². The Kier molecular flexibility index (Phi) is 4.14. The van der Waals surface area contributed by atoms with E-state index in [0.29, 0.717) is 11.8 Å². The zero-order valence-electron chi connectivity index (χ0n) is 13.2. The lowest BCUT2D eigenvalue weighted by Crippen LogP contribution is -2.36. The number of amides is 2. The summed E-state index contributed by atoms with van der Waals surface area (Å²) >= 11 is 0. The summed E-state index contributed by atoms with van der Waals surface area (Å²) < 4.78 is 0. The van der Waals surface area contributed by atoms with Gasteiger partial charge in [0.25, 0.3) is 0 Å². The minimum absolute atomic E-state index is 0.00251. The SMILES string of the molecule is CC(=O)N1C[C@H]2CCC[C@@H](C(=O)Nc3cnccc3C)[C@@H]2C1. The topological polar surface area (TPSA) is 62.3 Å². The van der Waals surface area contributed by atoms with Crippen molar-refractivity contribution >= 4 is 17.5 Å². The second kappa shape index (κ2) is 6.07. The van der Waals surface area contributed by atoms with Gasteiger partial charge in [-0.1, -0.05) is 6.42 Å². The maximum atomic E-state index is 12.7. The molecule has 1 saturated heterocycles. The second-order valence-corrected chi connectivity index (χ2v) is 6.57. The van der Waals surface area contributed by atoms with Crippen LogP contribution < -0.4 is 5.32 Å². The molecule has 0 spiro atoms. The fourth-order valence-electron chi connectivity index (χ4n) is 3.87. The quantitative estimate of drug-likeness (QED) is 0.911. The van der Waals surface area contributed by atoms with Gasteiger partial charge in [-0.15, -0.1) is 0 Å².